The van der Waals surface area contributed by atoms with Crippen LogP contribution >= 0.6 is 0 Å². The molecule has 2 N–H and O–H groups in total. The number of hydrogen-bond acceptors (Lipinski definition) is 2. The molecular formula is C15H17N3O. The molecule has 98 valence electrons. The van der Waals surface area contributed by atoms with Gasteiger partial charge in [0.1, 0.15) is 0 Å². The zero-order chi connectivity index (χ0) is 12.8. The van der Waals surface area contributed by atoms with Crippen molar-refractivity contribution in [2.75, 3.05) is 19.6 Å². The number of H-pyrrole nitrogens is 1. The van der Waals surface area contributed by atoms with Crippen molar-refractivity contribution in [3.63, 3.8) is 0 Å². The van der Waals surface area contributed by atoms with Crippen LogP contribution in [0.3, 0.4) is 0 Å². The largest absolute Gasteiger partial charge is 0.361 e. The van der Waals surface area contributed by atoms with Crippen LogP contribution < -0.4 is 5.32 Å². The van der Waals surface area contributed by atoms with E-state index in [2.05, 4.69) is 15.2 Å². The normalized spacial score (nSPS) is 28.9. The lowest BCUT2D eigenvalue weighted by molar-refractivity contribution is 0.0924. The quantitative estimate of drug-likeness (QED) is 0.856. The van der Waals surface area contributed by atoms with Crippen LogP contribution in [0.25, 0.3) is 10.9 Å². The molecule has 4 heteroatoms. The highest BCUT2D eigenvalue weighted by Crippen LogP contribution is 2.28. The van der Waals surface area contributed by atoms with E-state index in [0.29, 0.717) is 12.0 Å². The van der Waals surface area contributed by atoms with Gasteiger partial charge in [0.2, 0.25) is 0 Å². The molecule has 0 spiro atoms. The molecule has 4 nitrogen and oxygen atoms in total. The Bertz CT molecular complexity index is 633. The number of nitrogens with zero attached hydrogens (tertiary/aromatic N) is 1. The average Bonchev–Trinajstić information content (AvgIpc) is 3.13. The number of rotatable bonds is 2. The van der Waals surface area contributed by atoms with Crippen LogP contribution in [0.1, 0.15) is 16.8 Å². The molecule has 2 saturated heterocycles. The standard InChI is InChI=1S/C15H17N3O/c19-15(17-14-9-18-6-4-12(14)8-18)11-1-2-13-10(7-11)3-5-16-13/h1-3,5,7,12,14,16H,4,6,8-9H2,(H,17,19)/t12-,14+/m1/s1. The van der Waals surface area contributed by atoms with Crippen molar-refractivity contribution in [3.8, 4) is 0 Å². The van der Waals surface area contributed by atoms with Gasteiger partial charge in [0.25, 0.3) is 5.91 Å². The number of nitrogens with one attached hydrogen (secondary N) is 2. The Balaban J connectivity index is 1.53. The Labute approximate surface area is 111 Å². The number of carbonyl (C=O) groups is 1. The van der Waals surface area contributed by atoms with Gasteiger partial charge in [-0.05, 0) is 43.1 Å². The van der Waals surface area contributed by atoms with Gasteiger partial charge in [-0.3, -0.25) is 4.79 Å². The molecule has 4 rings (SSSR count). The second-order valence-electron chi connectivity index (χ2n) is 5.67. The molecule has 1 amide bonds. The Morgan fingerprint density at radius 1 is 1.32 bits per heavy atom. The molecule has 1 aromatic heterocycles. The van der Waals surface area contributed by atoms with E-state index in [0.717, 1.165) is 29.6 Å². The van der Waals surface area contributed by atoms with Crippen LogP contribution in [-0.2, 0) is 0 Å². The minimum atomic E-state index is 0.0573. The number of amides is 1. The first-order valence-corrected chi connectivity index (χ1v) is 6.90. The van der Waals surface area contributed by atoms with Gasteiger partial charge in [-0.2, -0.15) is 0 Å². The molecule has 2 aliphatic rings. The summed E-state index contributed by atoms with van der Waals surface area (Å²) >= 11 is 0. The molecule has 3 atom stereocenters. The van der Waals surface area contributed by atoms with Crippen molar-refractivity contribution in [2.45, 2.75) is 12.5 Å². The summed E-state index contributed by atoms with van der Waals surface area (Å²) in [7, 11) is 0. The third kappa shape index (κ3) is 1.83. The summed E-state index contributed by atoms with van der Waals surface area (Å²) in [6.45, 7) is 3.37. The van der Waals surface area contributed by atoms with Crippen LogP contribution in [0.15, 0.2) is 30.5 Å². The Morgan fingerprint density at radius 3 is 3.05 bits per heavy atom. The number of aromatic nitrogens is 1. The first-order valence-electron chi connectivity index (χ1n) is 6.90. The Kier molecular flexibility index (Phi) is 2.38. The number of fused-ring (bicyclic) bond motifs is 3. The van der Waals surface area contributed by atoms with Crippen LogP contribution in [0.2, 0.25) is 0 Å². The monoisotopic (exact) mass is 255 g/mol. The predicted molar refractivity (Wildman–Crippen MR) is 74.1 cm³/mol. The number of hydrogen-bond donors (Lipinski definition) is 2. The van der Waals surface area contributed by atoms with Crippen molar-refractivity contribution < 1.29 is 4.79 Å². The molecule has 3 heterocycles. The molecule has 2 bridgehead atoms. The van der Waals surface area contributed by atoms with Crippen molar-refractivity contribution in [1.82, 2.24) is 15.2 Å². The zero-order valence-corrected chi connectivity index (χ0v) is 10.7. The van der Waals surface area contributed by atoms with Crippen molar-refractivity contribution in [3.05, 3.63) is 36.0 Å². The molecule has 2 aliphatic heterocycles. The Hall–Kier alpha value is -1.81. The van der Waals surface area contributed by atoms with Gasteiger partial charge >= 0.3 is 0 Å². The van der Waals surface area contributed by atoms with Crippen LogP contribution in [0, 0.1) is 5.92 Å². The van der Waals surface area contributed by atoms with E-state index in [1.165, 1.54) is 13.0 Å². The third-order valence-corrected chi connectivity index (χ3v) is 4.46. The highest BCUT2D eigenvalue weighted by Gasteiger charge is 2.38. The van der Waals surface area contributed by atoms with Gasteiger partial charge in [-0.15, -0.1) is 0 Å². The zero-order valence-electron chi connectivity index (χ0n) is 10.7. The van der Waals surface area contributed by atoms with Crippen LogP contribution in [-0.4, -0.2) is 41.5 Å². The molecule has 1 unspecified atom stereocenters. The van der Waals surface area contributed by atoms with Crippen molar-refractivity contribution in [1.29, 1.82) is 0 Å². The first-order chi connectivity index (χ1) is 9.29. The van der Waals surface area contributed by atoms with Gasteiger partial charge < -0.3 is 15.2 Å². The van der Waals surface area contributed by atoms with E-state index in [4.69, 9.17) is 0 Å². The average molecular weight is 255 g/mol. The van der Waals surface area contributed by atoms with Gasteiger partial charge in [0.15, 0.2) is 0 Å². The fraction of sp³-hybridized carbons (Fsp3) is 0.400. The van der Waals surface area contributed by atoms with Crippen LogP contribution in [0.4, 0.5) is 0 Å². The minimum Gasteiger partial charge on any atom is -0.361 e. The fourth-order valence-corrected chi connectivity index (χ4v) is 3.39. The number of carbonyl (C=O) groups excluding carboxylic acids is 1. The second-order valence-corrected chi connectivity index (χ2v) is 5.67. The van der Waals surface area contributed by atoms with E-state index in [1.807, 2.05) is 30.5 Å². The highest BCUT2D eigenvalue weighted by molar-refractivity contribution is 5.98. The van der Waals surface area contributed by atoms with Crippen molar-refractivity contribution >= 4 is 16.8 Å². The lowest BCUT2D eigenvalue weighted by Gasteiger charge is -2.23. The topological polar surface area (TPSA) is 48.1 Å². The maximum atomic E-state index is 12.3. The molecule has 1 aromatic carbocycles. The SMILES string of the molecule is O=C(N[C@H]1CN2CC[C@@H]1C2)c1ccc2[nH]ccc2c1. The highest BCUT2D eigenvalue weighted by atomic mass is 16.1. The van der Waals surface area contributed by atoms with Crippen LogP contribution in [0.5, 0.6) is 0 Å². The molecule has 2 fully saturated rings. The summed E-state index contributed by atoms with van der Waals surface area (Å²) in [5.74, 6) is 0.710. The third-order valence-electron chi connectivity index (χ3n) is 4.46. The fourth-order valence-electron chi connectivity index (χ4n) is 3.39. The Morgan fingerprint density at radius 2 is 2.26 bits per heavy atom. The predicted octanol–water partition coefficient (Wildman–Crippen LogP) is 1.60. The first kappa shape index (κ1) is 11.1. The number of piperidine rings is 1. The molecule has 19 heavy (non-hydrogen) atoms. The molecule has 0 saturated carbocycles. The molecule has 0 aliphatic carbocycles. The summed E-state index contributed by atoms with van der Waals surface area (Å²) in [6, 6.07) is 8.14. The van der Waals surface area contributed by atoms with E-state index in [1.54, 1.807) is 0 Å². The van der Waals surface area contributed by atoms with E-state index < -0.39 is 0 Å². The van der Waals surface area contributed by atoms with Gasteiger partial charge in [0.05, 0.1) is 0 Å². The molecule has 0 radical (unpaired) electrons. The smallest absolute Gasteiger partial charge is 0.251 e. The minimum absolute atomic E-state index is 0.0573. The summed E-state index contributed by atoms with van der Waals surface area (Å²) in [5.41, 5.74) is 1.83. The van der Waals surface area contributed by atoms with E-state index >= 15 is 0 Å². The summed E-state index contributed by atoms with van der Waals surface area (Å²) in [5, 5.41) is 4.28. The lowest BCUT2D eigenvalue weighted by Crippen LogP contribution is -2.43. The summed E-state index contributed by atoms with van der Waals surface area (Å²) < 4.78 is 0. The molecular weight excluding hydrogens is 238 g/mol. The maximum Gasteiger partial charge on any atom is 0.251 e. The second kappa shape index (κ2) is 4.10. The summed E-state index contributed by atoms with van der Waals surface area (Å²) in [4.78, 5) is 17.9. The van der Waals surface area contributed by atoms with Gasteiger partial charge in [0, 0.05) is 41.8 Å². The number of aromatic amines is 1. The molecule has 2 aromatic rings. The van der Waals surface area contributed by atoms with Crippen molar-refractivity contribution in [2.24, 2.45) is 5.92 Å². The van der Waals surface area contributed by atoms with Gasteiger partial charge in [-0.1, -0.05) is 0 Å². The van der Waals surface area contributed by atoms with E-state index in [9.17, 15) is 4.79 Å². The van der Waals surface area contributed by atoms with E-state index in [-0.39, 0.29) is 5.91 Å². The summed E-state index contributed by atoms with van der Waals surface area (Å²) in [6.07, 6.45) is 3.12. The maximum absolute atomic E-state index is 12.3. The number of benzene rings is 1. The van der Waals surface area contributed by atoms with Gasteiger partial charge in [-0.25, -0.2) is 0 Å². The lowest BCUT2D eigenvalue weighted by atomic mass is 9.99.